The van der Waals surface area contributed by atoms with Crippen LogP contribution in [-0.2, 0) is 13.0 Å². The predicted molar refractivity (Wildman–Crippen MR) is 139 cm³/mol. The Morgan fingerprint density at radius 1 is 1.23 bits per heavy atom. The molecule has 3 heterocycles. The minimum atomic E-state index is -0.412. The smallest absolute Gasteiger partial charge is 0.318 e. The molecule has 0 saturated carbocycles. The molecule has 1 fully saturated rings. The van der Waals surface area contributed by atoms with Crippen LogP contribution in [0.4, 0.5) is 15.9 Å². The fraction of sp³-hybridized carbons (Fsp3) is 0.462. The molecular weight excluding hydrogens is 467 g/mol. The van der Waals surface area contributed by atoms with Gasteiger partial charge in [0.2, 0.25) is 0 Å². The van der Waals surface area contributed by atoms with Crippen LogP contribution in [0.15, 0.2) is 30.3 Å². The van der Waals surface area contributed by atoms with E-state index in [1.807, 2.05) is 25.2 Å². The number of rotatable bonds is 7. The highest BCUT2D eigenvalue weighted by molar-refractivity contribution is 6.36. The van der Waals surface area contributed by atoms with Crippen LogP contribution < -0.4 is 20.3 Å². The molecule has 3 aromatic rings. The Kier molecular flexibility index (Phi) is 6.95. The molecule has 0 aliphatic carbocycles. The van der Waals surface area contributed by atoms with Crippen LogP contribution in [-0.4, -0.2) is 67.8 Å². The molecule has 0 bridgehead atoms. The van der Waals surface area contributed by atoms with Gasteiger partial charge in [0.1, 0.15) is 18.2 Å². The monoisotopic (exact) mass is 498 g/mol. The summed E-state index contributed by atoms with van der Waals surface area (Å²) in [7, 11) is 4.13. The summed E-state index contributed by atoms with van der Waals surface area (Å²) in [6, 6.07) is 9.89. The molecule has 9 heteroatoms. The van der Waals surface area contributed by atoms with Crippen molar-refractivity contribution in [3.8, 4) is 6.01 Å². The van der Waals surface area contributed by atoms with Crippen LogP contribution in [0.5, 0.6) is 6.01 Å². The van der Waals surface area contributed by atoms with Crippen molar-refractivity contribution in [2.24, 2.45) is 5.73 Å². The van der Waals surface area contributed by atoms with E-state index in [0.717, 1.165) is 59.5 Å². The first-order valence-electron chi connectivity index (χ1n) is 12.2. The van der Waals surface area contributed by atoms with Crippen molar-refractivity contribution in [2.45, 2.75) is 31.8 Å². The third-order valence-corrected chi connectivity index (χ3v) is 7.55. The predicted octanol–water partition coefficient (Wildman–Crippen LogP) is 3.85. The number of hydrogen-bond acceptors (Lipinski definition) is 7. The Morgan fingerprint density at radius 2 is 2.09 bits per heavy atom. The normalized spacial score (nSPS) is 18.2. The molecule has 186 valence electrons. The highest BCUT2D eigenvalue weighted by Gasteiger charge is 2.27. The lowest BCUT2D eigenvalue weighted by molar-refractivity contribution is 0.187. The summed E-state index contributed by atoms with van der Waals surface area (Å²) in [5, 5.41) is 1.79. The number of halogens is 2. The summed E-state index contributed by atoms with van der Waals surface area (Å²) in [6.07, 6.45) is 3.06. The Bertz CT molecular complexity index is 1220. The van der Waals surface area contributed by atoms with Crippen molar-refractivity contribution in [1.82, 2.24) is 14.9 Å². The maximum Gasteiger partial charge on any atom is 0.318 e. The van der Waals surface area contributed by atoms with Gasteiger partial charge in [0.25, 0.3) is 0 Å². The first-order chi connectivity index (χ1) is 17.0. The van der Waals surface area contributed by atoms with E-state index >= 15 is 0 Å². The standard InChI is InChI=1S/C26H32ClFN6O/c1-32-12-4-6-18(32)16-35-26-30-21-15-34(13-10-19(21)25(31-26)33(2)14-11-29)22-7-3-5-17-8-9-20(28)24(27)23(17)22/h3,5,7-9,18H,4,6,10-16,29H2,1-2H3/t18-/m0/s1. The van der Waals surface area contributed by atoms with E-state index in [1.165, 1.54) is 12.5 Å². The Balaban J connectivity index is 1.49. The van der Waals surface area contributed by atoms with Crippen molar-refractivity contribution in [3.05, 3.63) is 52.4 Å². The maximum absolute atomic E-state index is 14.3. The number of hydrogen-bond donors (Lipinski definition) is 1. The van der Waals surface area contributed by atoms with Gasteiger partial charge in [-0.3, -0.25) is 0 Å². The van der Waals surface area contributed by atoms with Crippen LogP contribution in [0.25, 0.3) is 10.8 Å². The Morgan fingerprint density at radius 3 is 2.86 bits per heavy atom. The molecule has 2 aliphatic rings. The number of benzene rings is 2. The van der Waals surface area contributed by atoms with Crippen molar-refractivity contribution >= 4 is 33.9 Å². The molecular formula is C26H32ClFN6O. The Labute approximate surface area is 210 Å². The van der Waals surface area contributed by atoms with E-state index in [9.17, 15) is 4.39 Å². The van der Waals surface area contributed by atoms with Gasteiger partial charge in [0.05, 0.1) is 17.3 Å². The average molecular weight is 499 g/mol. The zero-order valence-corrected chi connectivity index (χ0v) is 21.1. The number of likely N-dealkylation sites (N-methyl/N-ethyl adjacent to an activating group) is 2. The van der Waals surface area contributed by atoms with Gasteiger partial charge in [0.15, 0.2) is 0 Å². The van der Waals surface area contributed by atoms with E-state index in [1.54, 1.807) is 6.07 Å². The number of likely N-dealkylation sites (tertiary alicyclic amines) is 1. The van der Waals surface area contributed by atoms with Crippen LogP contribution in [0.1, 0.15) is 24.1 Å². The first-order valence-corrected chi connectivity index (χ1v) is 12.6. The summed E-state index contributed by atoms with van der Waals surface area (Å²) >= 11 is 6.42. The molecule has 35 heavy (non-hydrogen) atoms. The second kappa shape index (κ2) is 10.1. The summed E-state index contributed by atoms with van der Waals surface area (Å²) in [4.78, 5) is 16.2. The highest BCUT2D eigenvalue weighted by Crippen LogP contribution is 2.37. The zero-order valence-electron chi connectivity index (χ0n) is 20.3. The molecule has 2 aromatic carbocycles. The first kappa shape index (κ1) is 24.0. The topological polar surface area (TPSA) is 70.7 Å². The summed E-state index contributed by atoms with van der Waals surface area (Å²) in [5.74, 6) is 0.460. The molecule has 1 aromatic heterocycles. The van der Waals surface area contributed by atoms with E-state index in [4.69, 9.17) is 32.0 Å². The molecule has 0 amide bonds. The number of aromatic nitrogens is 2. The number of nitrogens with zero attached hydrogens (tertiary/aromatic N) is 5. The fourth-order valence-electron chi connectivity index (χ4n) is 5.19. The van der Waals surface area contributed by atoms with Crippen LogP contribution >= 0.6 is 11.6 Å². The minimum Gasteiger partial charge on any atom is -0.462 e. The third kappa shape index (κ3) is 4.75. The second-order valence-electron chi connectivity index (χ2n) is 9.46. The highest BCUT2D eigenvalue weighted by atomic mass is 35.5. The van der Waals surface area contributed by atoms with Gasteiger partial charge in [-0.1, -0.05) is 29.8 Å². The Hall–Kier alpha value is -2.68. The fourth-order valence-corrected chi connectivity index (χ4v) is 5.46. The molecule has 0 spiro atoms. The van der Waals surface area contributed by atoms with Gasteiger partial charge in [-0.05, 0) is 50.4 Å². The molecule has 2 aliphatic heterocycles. The molecule has 1 atom stereocenters. The largest absolute Gasteiger partial charge is 0.462 e. The average Bonchev–Trinajstić information content (AvgIpc) is 3.28. The summed E-state index contributed by atoms with van der Waals surface area (Å²) in [5.41, 5.74) is 8.78. The van der Waals surface area contributed by atoms with Gasteiger partial charge in [-0.2, -0.15) is 9.97 Å². The maximum atomic E-state index is 14.3. The van der Waals surface area contributed by atoms with Crippen molar-refractivity contribution in [2.75, 3.05) is 56.7 Å². The van der Waals surface area contributed by atoms with Crippen molar-refractivity contribution in [3.63, 3.8) is 0 Å². The summed E-state index contributed by atoms with van der Waals surface area (Å²) < 4.78 is 20.5. The molecule has 0 radical (unpaired) electrons. The molecule has 7 nitrogen and oxygen atoms in total. The van der Waals surface area contributed by atoms with Crippen LogP contribution in [0, 0.1) is 5.82 Å². The molecule has 2 N–H and O–H groups in total. The van der Waals surface area contributed by atoms with Crippen LogP contribution in [0.2, 0.25) is 5.02 Å². The van der Waals surface area contributed by atoms with E-state index in [2.05, 4.69) is 21.7 Å². The van der Waals surface area contributed by atoms with E-state index in [-0.39, 0.29) is 5.02 Å². The van der Waals surface area contributed by atoms with E-state index < -0.39 is 5.82 Å². The van der Waals surface area contributed by atoms with Gasteiger partial charge < -0.3 is 25.2 Å². The van der Waals surface area contributed by atoms with Gasteiger partial charge in [0, 0.05) is 49.4 Å². The van der Waals surface area contributed by atoms with Gasteiger partial charge in [-0.15, -0.1) is 0 Å². The van der Waals surface area contributed by atoms with Gasteiger partial charge >= 0.3 is 6.01 Å². The molecule has 5 rings (SSSR count). The lowest BCUT2D eigenvalue weighted by Gasteiger charge is -2.33. The van der Waals surface area contributed by atoms with E-state index in [0.29, 0.717) is 38.3 Å². The zero-order chi connectivity index (χ0) is 24.5. The summed E-state index contributed by atoms with van der Waals surface area (Å²) in [6.45, 7) is 4.19. The van der Waals surface area contributed by atoms with Crippen molar-refractivity contribution < 1.29 is 9.13 Å². The SMILES string of the molecule is CN(CCN)c1nc(OC[C@@H]2CCCN2C)nc2c1CCN(c1cccc3ccc(F)c(Cl)c13)C2. The number of anilines is 2. The lowest BCUT2D eigenvalue weighted by Crippen LogP contribution is -2.35. The number of ether oxygens (including phenoxy) is 1. The van der Waals surface area contributed by atoms with Crippen LogP contribution in [0.3, 0.4) is 0 Å². The molecule has 0 unspecified atom stereocenters. The number of fused-ring (bicyclic) bond motifs is 2. The minimum absolute atomic E-state index is 0.152. The van der Waals surface area contributed by atoms with Gasteiger partial charge in [-0.25, -0.2) is 4.39 Å². The third-order valence-electron chi connectivity index (χ3n) is 7.18. The molecule has 1 saturated heterocycles. The number of nitrogens with two attached hydrogens (primary N) is 1. The van der Waals surface area contributed by atoms with Crippen molar-refractivity contribution in [1.29, 1.82) is 0 Å². The quantitative estimate of drug-likeness (QED) is 0.530. The lowest BCUT2D eigenvalue weighted by atomic mass is 10.0. The second-order valence-corrected chi connectivity index (χ2v) is 9.84.